The Morgan fingerprint density at radius 2 is 2.18 bits per heavy atom. The Balaban J connectivity index is 2.13. The van der Waals surface area contributed by atoms with Crippen molar-refractivity contribution in [1.82, 2.24) is 9.55 Å². The number of anilines is 1. The van der Waals surface area contributed by atoms with Crippen LogP contribution in [0.1, 0.15) is 19.3 Å². The Kier molecular flexibility index (Phi) is 2.68. The number of fused-ring (bicyclic) bond motifs is 1. The van der Waals surface area contributed by atoms with Crippen LogP contribution in [0.3, 0.4) is 0 Å². The molecule has 3 rings (SSSR count). The van der Waals surface area contributed by atoms with Gasteiger partial charge in [-0.3, -0.25) is 0 Å². The lowest BCUT2D eigenvalue weighted by molar-refractivity contribution is 0.446. The number of halogens is 2. The molecule has 0 atom stereocenters. The standard InChI is InChI=1S/C12H13Cl2N3/c1-17-6-8(13)11-9(15-7-3-2-4-7)5-10(14)16-12(11)17/h5-7H,2-4H2,1H3,(H,15,16). The van der Waals surface area contributed by atoms with E-state index in [1.807, 2.05) is 23.9 Å². The Morgan fingerprint density at radius 3 is 2.82 bits per heavy atom. The molecule has 5 heteroatoms. The molecule has 0 bridgehead atoms. The number of aromatic nitrogens is 2. The van der Waals surface area contributed by atoms with Crippen molar-refractivity contribution in [3.8, 4) is 0 Å². The lowest BCUT2D eigenvalue weighted by Gasteiger charge is -2.27. The molecule has 0 unspecified atom stereocenters. The highest BCUT2D eigenvalue weighted by molar-refractivity contribution is 6.37. The van der Waals surface area contributed by atoms with Gasteiger partial charge in [-0.25, -0.2) is 4.98 Å². The first-order chi connectivity index (χ1) is 8.15. The van der Waals surface area contributed by atoms with Crippen LogP contribution >= 0.6 is 23.2 Å². The van der Waals surface area contributed by atoms with E-state index in [1.165, 1.54) is 19.3 Å². The van der Waals surface area contributed by atoms with E-state index in [0.29, 0.717) is 16.2 Å². The van der Waals surface area contributed by atoms with E-state index in [0.717, 1.165) is 16.7 Å². The smallest absolute Gasteiger partial charge is 0.145 e. The first-order valence-corrected chi connectivity index (χ1v) is 6.48. The van der Waals surface area contributed by atoms with Crippen molar-refractivity contribution < 1.29 is 0 Å². The van der Waals surface area contributed by atoms with Crippen LogP contribution in [0.15, 0.2) is 12.3 Å². The van der Waals surface area contributed by atoms with Gasteiger partial charge in [-0.05, 0) is 25.3 Å². The molecule has 0 amide bonds. The van der Waals surface area contributed by atoms with E-state index < -0.39 is 0 Å². The molecule has 0 spiro atoms. The number of pyridine rings is 1. The van der Waals surface area contributed by atoms with Gasteiger partial charge in [0.05, 0.1) is 10.4 Å². The SMILES string of the molecule is Cn1cc(Cl)c2c(NC3CCC3)cc(Cl)nc21. The Hall–Kier alpha value is -0.930. The van der Waals surface area contributed by atoms with Crippen LogP contribution in [0.25, 0.3) is 11.0 Å². The molecule has 2 heterocycles. The van der Waals surface area contributed by atoms with E-state index in [2.05, 4.69) is 10.3 Å². The quantitative estimate of drug-likeness (QED) is 0.840. The Morgan fingerprint density at radius 1 is 1.41 bits per heavy atom. The molecule has 1 aliphatic carbocycles. The van der Waals surface area contributed by atoms with E-state index in [9.17, 15) is 0 Å². The topological polar surface area (TPSA) is 29.9 Å². The fraction of sp³-hybridized carbons (Fsp3) is 0.417. The molecule has 1 N–H and O–H groups in total. The van der Waals surface area contributed by atoms with E-state index >= 15 is 0 Å². The van der Waals surface area contributed by atoms with Gasteiger partial charge >= 0.3 is 0 Å². The van der Waals surface area contributed by atoms with Gasteiger partial charge in [-0.1, -0.05) is 23.2 Å². The molecule has 3 nitrogen and oxygen atoms in total. The first kappa shape index (κ1) is 11.2. The maximum atomic E-state index is 6.24. The minimum absolute atomic E-state index is 0.497. The van der Waals surface area contributed by atoms with Crippen LogP contribution in [-0.4, -0.2) is 15.6 Å². The average molecular weight is 270 g/mol. The summed E-state index contributed by atoms with van der Waals surface area (Å²) in [7, 11) is 1.92. The molecule has 1 fully saturated rings. The summed E-state index contributed by atoms with van der Waals surface area (Å²) in [5.74, 6) is 0. The first-order valence-electron chi connectivity index (χ1n) is 5.73. The average Bonchev–Trinajstić information content (AvgIpc) is 2.48. The van der Waals surface area contributed by atoms with E-state index in [-0.39, 0.29) is 0 Å². The van der Waals surface area contributed by atoms with E-state index in [1.54, 1.807) is 0 Å². The second-order valence-electron chi connectivity index (χ2n) is 4.55. The normalized spacial score (nSPS) is 16.2. The van der Waals surface area contributed by atoms with Crippen molar-refractivity contribution >= 4 is 39.9 Å². The number of hydrogen-bond acceptors (Lipinski definition) is 2. The summed E-state index contributed by atoms with van der Waals surface area (Å²) < 4.78 is 1.90. The van der Waals surface area contributed by atoms with Crippen LogP contribution in [0, 0.1) is 0 Å². The van der Waals surface area contributed by atoms with Crippen molar-refractivity contribution in [3.63, 3.8) is 0 Å². The van der Waals surface area contributed by atoms with Gasteiger partial charge in [-0.15, -0.1) is 0 Å². The third kappa shape index (κ3) is 1.87. The van der Waals surface area contributed by atoms with Crippen molar-refractivity contribution in [3.05, 3.63) is 22.4 Å². The Labute approximate surface area is 110 Å². The summed E-state index contributed by atoms with van der Waals surface area (Å²) in [6.07, 6.45) is 5.58. The number of nitrogens with zero attached hydrogens (tertiary/aromatic N) is 2. The van der Waals surface area contributed by atoms with Gasteiger partial charge in [0.2, 0.25) is 0 Å². The molecule has 2 aromatic heterocycles. The van der Waals surface area contributed by atoms with E-state index in [4.69, 9.17) is 23.2 Å². The molecule has 90 valence electrons. The fourth-order valence-corrected chi connectivity index (χ4v) is 2.70. The second-order valence-corrected chi connectivity index (χ2v) is 5.35. The molecular formula is C12H13Cl2N3. The largest absolute Gasteiger partial charge is 0.382 e. The highest BCUT2D eigenvalue weighted by Crippen LogP contribution is 2.34. The zero-order chi connectivity index (χ0) is 12.0. The van der Waals surface area contributed by atoms with Crippen LogP contribution in [0.5, 0.6) is 0 Å². The molecule has 0 radical (unpaired) electrons. The van der Waals surface area contributed by atoms with Crippen LogP contribution in [0.4, 0.5) is 5.69 Å². The molecule has 1 saturated carbocycles. The van der Waals surface area contributed by atoms with Gasteiger partial charge in [-0.2, -0.15) is 0 Å². The number of nitrogens with one attached hydrogen (secondary N) is 1. The number of aryl methyl sites for hydroxylation is 1. The summed E-state index contributed by atoms with van der Waals surface area (Å²) in [4.78, 5) is 4.31. The predicted octanol–water partition coefficient (Wildman–Crippen LogP) is 3.84. The lowest BCUT2D eigenvalue weighted by atomic mass is 9.93. The number of hydrogen-bond donors (Lipinski definition) is 1. The van der Waals surface area contributed by atoms with Crippen molar-refractivity contribution in [2.75, 3.05) is 5.32 Å². The molecule has 0 aromatic carbocycles. The molecule has 2 aromatic rings. The van der Waals surface area contributed by atoms with Crippen LogP contribution in [-0.2, 0) is 7.05 Å². The van der Waals surface area contributed by atoms with Gasteiger partial charge in [0.1, 0.15) is 10.8 Å². The van der Waals surface area contributed by atoms with Crippen molar-refractivity contribution in [2.45, 2.75) is 25.3 Å². The molecule has 1 aliphatic rings. The molecule has 0 saturated heterocycles. The fourth-order valence-electron chi connectivity index (χ4n) is 2.17. The summed E-state index contributed by atoms with van der Waals surface area (Å²) in [6, 6.07) is 2.40. The lowest BCUT2D eigenvalue weighted by Crippen LogP contribution is -2.27. The third-order valence-corrected chi connectivity index (χ3v) is 3.79. The molecule has 17 heavy (non-hydrogen) atoms. The highest BCUT2D eigenvalue weighted by atomic mass is 35.5. The third-order valence-electron chi connectivity index (χ3n) is 3.31. The summed E-state index contributed by atoms with van der Waals surface area (Å²) in [6.45, 7) is 0. The number of rotatable bonds is 2. The molecular weight excluding hydrogens is 257 g/mol. The van der Waals surface area contributed by atoms with Crippen molar-refractivity contribution in [2.24, 2.45) is 7.05 Å². The van der Waals surface area contributed by atoms with Crippen LogP contribution in [0.2, 0.25) is 10.2 Å². The summed E-state index contributed by atoms with van der Waals surface area (Å²) in [5, 5.41) is 5.67. The van der Waals surface area contributed by atoms with Gasteiger partial charge in [0.25, 0.3) is 0 Å². The van der Waals surface area contributed by atoms with Crippen LogP contribution < -0.4 is 5.32 Å². The maximum Gasteiger partial charge on any atom is 0.145 e. The monoisotopic (exact) mass is 269 g/mol. The minimum Gasteiger partial charge on any atom is -0.382 e. The predicted molar refractivity (Wildman–Crippen MR) is 72.0 cm³/mol. The summed E-state index contributed by atoms with van der Waals surface area (Å²) >= 11 is 12.3. The van der Waals surface area contributed by atoms with Gasteiger partial charge in [0.15, 0.2) is 0 Å². The van der Waals surface area contributed by atoms with Crippen molar-refractivity contribution in [1.29, 1.82) is 0 Å². The zero-order valence-corrected chi connectivity index (χ0v) is 11.0. The zero-order valence-electron chi connectivity index (χ0n) is 9.50. The highest BCUT2D eigenvalue weighted by Gasteiger charge is 2.20. The Bertz CT molecular complexity index is 573. The van der Waals surface area contributed by atoms with Gasteiger partial charge in [0, 0.05) is 25.0 Å². The molecule has 0 aliphatic heterocycles. The summed E-state index contributed by atoms with van der Waals surface area (Å²) in [5.41, 5.74) is 1.82. The maximum absolute atomic E-state index is 6.24. The van der Waals surface area contributed by atoms with Gasteiger partial charge < -0.3 is 9.88 Å². The minimum atomic E-state index is 0.497. The second kappa shape index (κ2) is 4.07.